The molecule has 25 heavy (non-hydrogen) atoms. The van der Waals surface area contributed by atoms with E-state index >= 15 is 0 Å². The summed E-state index contributed by atoms with van der Waals surface area (Å²) in [6, 6.07) is 11.3. The molecule has 130 valence electrons. The van der Waals surface area contributed by atoms with E-state index in [2.05, 4.69) is 40.0 Å². The Balaban J connectivity index is 1.78. The molecule has 6 heteroatoms. The summed E-state index contributed by atoms with van der Waals surface area (Å²) < 4.78 is 1.92. The normalized spacial score (nSPS) is 11.2. The highest BCUT2D eigenvalue weighted by molar-refractivity contribution is 5.54. The van der Waals surface area contributed by atoms with E-state index in [0.29, 0.717) is 12.4 Å². The Morgan fingerprint density at radius 2 is 1.96 bits per heavy atom. The van der Waals surface area contributed by atoms with Gasteiger partial charge in [0, 0.05) is 43.0 Å². The third kappa shape index (κ3) is 4.42. The molecule has 2 aromatic heterocycles. The minimum Gasteiger partial charge on any atom is -0.307 e. The first-order valence-corrected chi connectivity index (χ1v) is 8.57. The van der Waals surface area contributed by atoms with Crippen molar-refractivity contribution in [2.75, 3.05) is 6.54 Å². The van der Waals surface area contributed by atoms with Crippen molar-refractivity contribution in [3.05, 3.63) is 70.4 Å². The number of hydrogen-bond donors (Lipinski definition) is 1. The highest BCUT2D eigenvalue weighted by Crippen LogP contribution is 2.14. The Bertz CT molecular complexity index is 869. The van der Waals surface area contributed by atoms with Gasteiger partial charge in [0.15, 0.2) is 0 Å². The van der Waals surface area contributed by atoms with Gasteiger partial charge in [-0.3, -0.25) is 14.4 Å². The Kier molecular flexibility index (Phi) is 5.40. The molecule has 0 saturated heterocycles. The van der Waals surface area contributed by atoms with Crippen LogP contribution in [-0.2, 0) is 19.6 Å². The Hall–Kier alpha value is -2.73. The lowest BCUT2D eigenvalue weighted by atomic mass is 10.2. The lowest BCUT2D eigenvalue weighted by Gasteiger charge is -2.19. The van der Waals surface area contributed by atoms with Gasteiger partial charge in [-0.2, -0.15) is 5.10 Å². The second-order valence-corrected chi connectivity index (χ2v) is 5.96. The fourth-order valence-corrected chi connectivity index (χ4v) is 2.75. The molecule has 2 heterocycles. The van der Waals surface area contributed by atoms with Gasteiger partial charge in [-0.1, -0.05) is 37.3 Å². The van der Waals surface area contributed by atoms with Crippen LogP contribution in [0.4, 0.5) is 0 Å². The van der Waals surface area contributed by atoms with Crippen LogP contribution in [0.3, 0.4) is 0 Å². The van der Waals surface area contributed by atoms with Gasteiger partial charge >= 0.3 is 0 Å². The van der Waals surface area contributed by atoms with E-state index in [0.717, 1.165) is 36.5 Å². The molecule has 0 radical (unpaired) electrons. The lowest BCUT2D eigenvalue weighted by molar-refractivity contribution is 0.268. The maximum atomic E-state index is 12.0. The molecular formula is C19H23N5O. The Morgan fingerprint density at radius 1 is 1.16 bits per heavy atom. The summed E-state index contributed by atoms with van der Waals surface area (Å²) in [5, 5.41) is 4.32. The summed E-state index contributed by atoms with van der Waals surface area (Å²) in [6.45, 7) is 7.31. The molecule has 0 aliphatic rings. The summed E-state index contributed by atoms with van der Waals surface area (Å²) in [4.78, 5) is 21.7. The van der Waals surface area contributed by atoms with E-state index in [4.69, 9.17) is 0 Å². The van der Waals surface area contributed by atoms with Crippen molar-refractivity contribution in [3.63, 3.8) is 0 Å². The first kappa shape index (κ1) is 17.1. The molecule has 0 aliphatic heterocycles. The zero-order valence-electron chi connectivity index (χ0n) is 14.6. The molecule has 1 aromatic carbocycles. The number of rotatable bonds is 7. The number of nitrogens with zero attached hydrogens (tertiary/aromatic N) is 4. The molecule has 0 unspecified atom stereocenters. The second kappa shape index (κ2) is 7.90. The van der Waals surface area contributed by atoms with Crippen molar-refractivity contribution in [2.24, 2.45) is 0 Å². The van der Waals surface area contributed by atoms with Gasteiger partial charge in [0.1, 0.15) is 5.82 Å². The van der Waals surface area contributed by atoms with Crippen molar-refractivity contribution >= 4 is 0 Å². The third-order valence-electron chi connectivity index (χ3n) is 4.09. The summed E-state index contributed by atoms with van der Waals surface area (Å²) in [6.07, 6.45) is 3.95. The molecule has 0 amide bonds. The number of aryl methyl sites for hydroxylation is 1. The van der Waals surface area contributed by atoms with Crippen LogP contribution in [0.25, 0.3) is 11.4 Å². The number of aromatic nitrogens is 4. The maximum Gasteiger partial charge on any atom is 0.251 e. The van der Waals surface area contributed by atoms with E-state index in [1.807, 2.05) is 41.2 Å². The van der Waals surface area contributed by atoms with Crippen molar-refractivity contribution < 1.29 is 0 Å². The Labute approximate surface area is 147 Å². The number of nitrogens with one attached hydrogen (secondary N) is 1. The fourth-order valence-electron chi connectivity index (χ4n) is 2.75. The second-order valence-electron chi connectivity index (χ2n) is 5.96. The molecule has 0 aliphatic carbocycles. The van der Waals surface area contributed by atoms with E-state index in [9.17, 15) is 4.79 Å². The van der Waals surface area contributed by atoms with Crippen LogP contribution in [0.1, 0.15) is 25.1 Å². The summed E-state index contributed by atoms with van der Waals surface area (Å²) in [5.41, 5.74) is 2.72. The monoisotopic (exact) mass is 337 g/mol. The van der Waals surface area contributed by atoms with Crippen molar-refractivity contribution in [2.45, 2.75) is 33.5 Å². The molecule has 0 saturated carbocycles. The number of benzene rings is 1. The molecule has 3 aromatic rings. The van der Waals surface area contributed by atoms with Gasteiger partial charge < -0.3 is 4.98 Å². The van der Waals surface area contributed by atoms with Crippen LogP contribution < -0.4 is 5.56 Å². The first-order valence-electron chi connectivity index (χ1n) is 8.57. The largest absolute Gasteiger partial charge is 0.307 e. The van der Waals surface area contributed by atoms with Crippen molar-refractivity contribution in [1.29, 1.82) is 0 Å². The summed E-state index contributed by atoms with van der Waals surface area (Å²) in [5.74, 6) is 0.609. The van der Waals surface area contributed by atoms with E-state index < -0.39 is 0 Å². The average molecular weight is 337 g/mol. The minimum absolute atomic E-state index is 0.126. The molecule has 6 nitrogen and oxygen atoms in total. The lowest BCUT2D eigenvalue weighted by Crippen LogP contribution is -2.24. The van der Waals surface area contributed by atoms with Crippen LogP contribution in [0, 0.1) is 0 Å². The predicted molar refractivity (Wildman–Crippen MR) is 98.0 cm³/mol. The molecule has 1 N–H and O–H groups in total. The quantitative estimate of drug-likeness (QED) is 0.720. The van der Waals surface area contributed by atoms with Gasteiger partial charge in [-0.25, -0.2) is 4.98 Å². The van der Waals surface area contributed by atoms with Gasteiger partial charge in [0.2, 0.25) is 0 Å². The van der Waals surface area contributed by atoms with Crippen LogP contribution in [0.5, 0.6) is 0 Å². The highest BCUT2D eigenvalue weighted by Gasteiger charge is 2.10. The predicted octanol–water partition coefficient (Wildman–Crippen LogP) is 2.68. The van der Waals surface area contributed by atoms with Gasteiger partial charge in [-0.15, -0.1) is 0 Å². The number of hydrogen-bond acceptors (Lipinski definition) is 4. The van der Waals surface area contributed by atoms with Crippen LogP contribution in [0.2, 0.25) is 0 Å². The maximum absolute atomic E-state index is 12.0. The molecule has 3 rings (SSSR count). The van der Waals surface area contributed by atoms with E-state index in [-0.39, 0.29) is 5.56 Å². The SMILES string of the molecule is CCN(Cc1cnn(CC)c1)Cc1cc(=O)[nH]c(-c2ccccc2)n1. The Morgan fingerprint density at radius 3 is 2.64 bits per heavy atom. The number of aromatic amines is 1. The van der Waals surface area contributed by atoms with Crippen molar-refractivity contribution in [1.82, 2.24) is 24.6 Å². The molecule has 0 atom stereocenters. The van der Waals surface area contributed by atoms with E-state index in [1.54, 1.807) is 6.07 Å². The van der Waals surface area contributed by atoms with Gasteiger partial charge in [0.05, 0.1) is 11.9 Å². The first-order chi connectivity index (χ1) is 12.2. The molecule has 0 fully saturated rings. The fraction of sp³-hybridized carbons (Fsp3) is 0.316. The highest BCUT2D eigenvalue weighted by atomic mass is 16.1. The van der Waals surface area contributed by atoms with Gasteiger partial charge in [-0.05, 0) is 13.5 Å². The van der Waals surface area contributed by atoms with Crippen molar-refractivity contribution in [3.8, 4) is 11.4 Å². The standard InChI is InChI=1S/C19H23N5O/c1-3-23(12-15-11-20-24(4-2)13-15)14-17-10-18(25)22-19(21-17)16-8-6-5-7-9-16/h5-11,13H,3-4,12,14H2,1-2H3,(H,21,22,25). The summed E-state index contributed by atoms with van der Waals surface area (Å²) in [7, 11) is 0. The zero-order chi connectivity index (χ0) is 17.6. The van der Waals surface area contributed by atoms with Crippen LogP contribution in [0.15, 0.2) is 53.6 Å². The van der Waals surface area contributed by atoms with Crippen LogP contribution in [-0.4, -0.2) is 31.2 Å². The van der Waals surface area contributed by atoms with Crippen LogP contribution >= 0.6 is 0 Å². The third-order valence-corrected chi connectivity index (χ3v) is 4.09. The number of H-pyrrole nitrogens is 1. The zero-order valence-corrected chi connectivity index (χ0v) is 14.6. The smallest absolute Gasteiger partial charge is 0.251 e. The topological polar surface area (TPSA) is 66.8 Å². The van der Waals surface area contributed by atoms with Gasteiger partial charge in [0.25, 0.3) is 5.56 Å². The van der Waals surface area contributed by atoms with E-state index in [1.165, 1.54) is 0 Å². The molecular weight excluding hydrogens is 314 g/mol. The summed E-state index contributed by atoms with van der Waals surface area (Å²) >= 11 is 0. The average Bonchev–Trinajstić information content (AvgIpc) is 3.09. The molecule has 0 spiro atoms. The molecule has 0 bridgehead atoms. The minimum atomic E-state index is -0.126.